The third-order valence-corrected chi connectivity index (χ3v) is 6.27. The molecule has 2 heterocycles. The van der Waals surface area contributed by atoms with Crippen molar-refractivity contribution in [1.29, 1.82) is 0 Å². The zero-order chi connectivity index (χ0) is 24.4. The fraction of sp³-hybridized carbons (Fsp3) is 0.143. The number of ether oxygens (including phenoxy) is 2. The normalized spacial score (nSPS) is 11.9. The number of methoxy groups -OCH3 is 2. The minimum absolute atomic E-state index is 0.0685. The van der Waals surface area contributed by atoms with E-state index in [0.29, 0.717) is 17.0 Å². The minimum atomic E-state index is -0.441. The number of amides is 1. The summed E-state index contributed by atoms with van der Waals surface area (Å²) in [6.07, 6.45) is 1.95. The summed E-state index contributed by atoms with van der Waals surface area (Å²) in [6.45, 7) is 0.247. The Kier molecular flexibility index (Phi) is 5.97. The van der Waals surface area contributed by atoms with Crippen LogP contribution in [-0.2, 0) is 0 Å². The van der Waals surface area contributed by atoms with Crippen molar-refractivity contribution in [2.45, 2.75) is 5.92 Å². The average Bonchev–Trinajstić information content (AvgIpc) is 3.32. The Hall–Kier alpha value is -4.52. The van der Waals surface area contributed by atoms with Gasteiger partial charge in [0, 0.05) is 40.6 Å². The molecule has 0 saturated heterocycles. The van der Waals surface area contributed by atoms with Gasteiger partial charge >= 0.3 is 0 Å². The third kappa shape index (κ3) is 4.12. The molecule has 0 aliphatic heterocycles. The van der Waals surface area contributed by atoms with Crippen LogP contribution in [0.4, 0.5) is 0 Å². The molecule has 35 heavy (non-hydrogen) atoms. The van der Waals surface area contributed by atoms with Gasteiger partial charge < -0.3 is 24.8 Å². The number of carbonyl (C=O) groups excluding carboxylic acids is 1. The Balaban J connectivity index is 1.54. The van der Waals surface area contributed by atoms with E-state index in [1.54, 1.807) is 26.4 Å². The number of aromatic nitrogens is 2. The highest BCUT2D eigenvalue weighted by Crippen LogP contribution is 2.40. The summed E-state index contributed by atoms with van der Waals surface area (Å²) in [5, 5.41) is 4.81. The number of carbonyl (C=O) groups is 1. The number of benzene rings is 3. The van der Waals surface area contributed by atoms with Crippen molar-refractivity contribution >= 4 is 27.7 Å². The van der Waals surface area contributed by atoms with Crippen LogP contribution in [0.3, 0.4) is 0 Å². The first-order chi connectivity index (χ1) is 17.1. The second-order valence-electron chi connectivity index (χ2n) is 8.23. The molecule has 0 saturated carbocycles. The highest BCUT2D eigenvalue weighted by atomic mass is 16.5. The number of pyridine rings is 1. The molecule has 0 aliphatic carbocycles. The molecule has 0 bridgehead atoms. The number of rotatable bonds is 7. The first-order valence-electron chi connectivity index (χ1n) is 11.3. The van der Waals surface area contributed by atoms with Gasteiger partial charge in [-0.3, -0.25) is 9.59 Å². The maximum absolute atomic E-state index is 13.2. The second kappa shape index (κ2) is 9.38. The molecule has 0 radical (unpaired) electrons. The van der Waals surface area contributed by atoms with Crippen LogP contribution in [0, 0.1) is 0 Å². The number of fused-ring (bicyclic) bond motifs is 2. The van der Waals surface area contributed by atoms with Gasteiger partial charge in [0.15, 0.2) is 11.5 Å². The van der Waals surface area contributed by atoms with E-state index >= 15 is 0 Å². The fourth-order valence-electron chi connectivity index (χ4n) is 4.56. The van der Waals surface area contributed by atoms with Gasteiger partial charge in [-0.1, -0.05) is 48.5 Å². The molecule has 5 rings (SSSR count). The van der Waals surface area contributed by atoms with Crippen LogP contribution in [0.15, 0.2) is 83.8 Å². The molecule has 176 valence electrons. The van der Waals surface area contributed by atoms with E-state index in [1.807, 2.05) is 66.9 Å². The van der Waals surface area contributed by atoms with Gasteiger partial charge in [-0.05, 0) is 35.2 Å². The predicted octanol–water partition coefficient (Wildman–Crippen LogP) is 4.59. The molecule has 0 aliphatic rings. The molecule has 3 N–H and O–H groups in total. The van der Waals surface area contributed by atoms with Crippen molar-refractivity contribution in [3.8, 4) is 11.5 Å². The van der Waals surface area contributed by atoms with E-state index in [9.17, 15) is 9.59 Å². The van der Waals surface area contributed by atoms with E-state index < -0.39 is 11.5 Å². The van der Waals surface area contributed by atoms with Gasteiger partial charge in [0.05, 0.1) is 14.2 Å². The Morgan fingerprint density at radius 2 is 1.69 bits per heavy atom. The fourth-order valence-corrected chi connectivity index (χ4v) is 4.56. The largest absolute Gasteiger partial charge is 0.493 e. The molecule has 3 aromatic carbocycles. The summed E-state index contributed by atoms with van der Waals surface area (Å²) in [5.41, 5.74) is 3.19. The van der Waals surface area contributed by atoms with Gasteiger partial charge in [0.1, 0.15) is 5.56 Å². The van der Waals surface area contributed by atoms with E-state index in [2.05, 4.69) is 15.3 Å². The SMILES string of the molecule is COc1cccc(C(CNC(=O)c2cc3ccccc3[nH]c2=O)c2c[nH]c3ccccc23)c1OC. The second-order valence-corrected chi connectivity index (χ2v) is 8.23. The lowest BCUT2D eigenvalue weighted by Crippen LogP contribution is -2.33. The highest BCUT2D eigenvalue weighted by molar-refractivity contribution is 5.97. The van der Waals surface area contributed by atoms with E-state index in [4.69, 9.17) is 9.47 Å². The van der Waals surface area contributed by atoms with E-state index in [-0.39, 0.29) is 18.0 Å². The Labute approximate surface area is 201 Å². The lowest BCUT2D eigenvalue weighted by molar-refractivity contribution is 0.0951. The van der Waals surface area contributed by atoms with Gasteiger partial charge in [-0.15, -0.1) is 0 Å². The lowest BCUT2D eigenvalue weighted by atomic mass is 9.89. The van der Waals surface area contributed by atoms with Crippen LogP contribution in [-0.4, -0.2) is 36.6 Å². The maximum Gasteiger partial charge on any atom is 0.261 e. The van der Waals surface area contributed by atoms with Crippen molar-refractivity contribution in [3.05, 3.63) is 106 Å². The van der Waals surface area contributed by atoms with Crippen molar-refractivity contribution in [1.82, 2.24) is 15.3 Å². The van der Waals surface area contributed by atoms with E-state index in [0.717, 1.165) is 27.4 Å². The molecule has 5 aromatic rings. The van der Waals surface area contributed by atoms with Crippen molar-refractivity contribution < 1.29 is 14.3 Å². The van der Waals surface area contributed by atoms with Crippen LogP contribution in [0.2, 0.25) is 0 Å². The molecule has 0 spiro atoms. The third-order valence-electron chi connectivity index (χ3n) is 6.27. The molecular weight excluding hydrogens is 442 g/mol. The highest BCUT2D eigenvalue weighted by Gasteiger charge is 2.25. The summed E-state index contributed by atoms with van der Waals surface area (Å²) >= 11 is 0. The van der Waals surface area contributed by atoms with Crippen LogP contribution in [0.5, 0.6) is 11.5 Å². The number of hydrogen-bond acceptors (Lipinski definition) is 4. The van der Waals surface area contributed by atoms with Gasteiger partial charge in [0.2, 0.25) is 0 Å². The topological polar surface area (TPSA) is 96.2 Å². The van der Waals surface area contributed by atoms with Crippen LogP contribution >= 0.6 is 0 Å². The Morgan fingerprint density at radius 3 is 2.49 bits per heavy atom. The molecule has 7 heteroatoms. The molecule has 2 aromatic heterocycles. The molecular formula is C28H25N3O4. The first kappa shape index (κ1) is 22.3. The predicted molar refractivity (Wildman–Crippen MR) is 137 cm³/mol. The Morgan fingerprint density at radius 1 is 0.914 bits per heavy atom. The lowest BCUT2D eigenvalue weighted by Gasteiger charge is -2.22. The standard InChI is InChI=1S/C28H25N3O4/c1-34-25-13-7-10-19(26(25)35-2)22(21-15-29-24-12-6-4-9-18(21)24)16-30-27(32)20-14-17-8-3-5-11-23(17)31-28(20)33/h3-15,22,29H,16H2,1-2H3,(H,30,32)(H,31,33). The quantitative estimate of drug-likeness (QED) is 0.326. The van der Waals surface area contributed by atoms with Crippen LogP contribution in [0.25, 0.3) is 21.8 Å². The van der Waals surface area contributed by atoms with Crippen molar-refractivity contribution in [2.24, 2.45) is 0 Å². The molecule has 7 nitrogen and oxygen atoms in total. The minimum Gasteiger partial charge on any atom is -0.493 e. The summed E-state index contributed by atoms with van der Waals surface area (Å²) < 4.78 is 11.2. The summed E-state index contributed by atoms with van der Waals surface area (Å²) in [6, 6.07) is 22.7. The smallest absolute Gasteiger partial charge is 0.261 e. The zero-order valence-corrected chi connectivity index (χ0v) is 19.4. The number of hydrogen-bond donors (Lipinski definition) is 3. The summed E-state index contributed by atoms with van der Waals surface area (Å²) in [5.74, 6) is 0.499. The molecule has 1 atom stereocenters. The van der Waals surface area contributed by atoms with Gasteiger partial charge in [0.25, 0.3) is 11.5 Å². The first-order valence-corrected chi connectivity index (χ1v) is 11.3. The molecule has 1 amide bonds. The van der Waals surface area contributed by atoms with Crippen molar-refractivity contribution in [3.63, 3.8) is 0 Å². The number of H-pyrrole nitrogens is 2. The molecule has 1 unspecified atom stereocenters. The number of para-hydroxylation sites is 3. The maximum atomic E-state index is 13.2. The van der Waals surface area contributed by atoms with E-state index in [1.165, 1.54) is 0 Å². The van der Waals surface area contributed by atoms with Crippen molar-refractivity contribution in [2.75, 3.05) is 20.8 Å². The average molecular weight is 468 g/mol. The van der Waals surface area contributed by atoms with Gasteiger partial charge in [-0.25, -0.2) is 0 Å². The monoisotopic (exact) mass is 467 g/mol. The number of aromatic amines is 2. The Bertz CT molecular complexity index is 1580. The van der Waals surface area contributed by atoms with Crippen LogP contribution in [0.1, 0.15) is 27.4 Å². The summed E-state index contributed by atoms with van der Waals surface area (Å²) in [4.78, 5) is 31.9. The summed E-state index contributed by atoms with van der Waals surface area (Å²) in [7, 11) is 3.19. The van der Waals surface area contributed by atoms with Crippen LogP contribution < -0.4 is 20.3 Å². The van der Waals surface area contributed by atoms with Gasteiger partial charge in [-0.2, -0.15) is 0 Å². The zero-order valence-electron chi connectivity index (χ0n) is 19.4. The molecule has 0 fully saturated rings. The number of nitrogens with one attached hydrogen (secondary N) is 3.